The van der Waals surface area contributed by atoms with E-state index in [-0.39, 0.29) is 16.7 Å². The van der Waals surface area contributed by atoms with Crippen molar-refractivity contribution in [1.82, 2.24) is 9.78 Å². The van der Waals surface area contributed by atoms with Crippen molar-refractivity contribution in [2.24, 2.45) is 5.73 Å². The quantitative estimate of drug-likeness (QED) is 0.796. The van der Waals surface area contributed by atoms with Crippen LogP contribution in [0.5, 0.6) is 5.75 Å². The van der Waals surface area contributed by atoms with E-state index in [0.717, 1.165) is 5.69 Å². The Bertz CT molecular complexity index is 662. The number of benzene rings is 1. The number of rotatable bonds is 3. The molecule has 0 aliphatic carbocycles. The molecule has 1 aromatic heterocycles. The minimum Gasteiger partial charge on any atom is -0.506 e. The van der Waals surface area contributed by atoms with Crippen LogP contribution in [0.25, 0.3) is 5.69 Å². The first-order chi connectivity index (χ1) is 9.36. The van der Waals surface area contributed by atoms with Gasteiger partial charge in [0.2, 0.25) is 0 Å². The maximum atomic E-state index is 12.5. The number of aromatic amines is 1. The Morgan fingerprint density at radius 2 is 1.95 bits per heavy atom. The van der Waals surface area contributed by atoms with E-state index in [2.05, 4.69) is 5.10 Å². The number of phenols is 1. The van der Waals surface area contributed by atoms with Gasteiger partial charge in [0.25, 0.3) is 5.56 Å². The van der Waals surface area contributed by atoms with Gasteiger partial charge in [0.15, 0.2) is 0 Å². The number of H-pyrrole nitrogens is 1. The minimum absolute atomic E-state index is 0.0654. The maximum Gasteiger partial charge on any atom is 0.274 e. The lowest BCUT2D eigenvalue weighted by atomic mass is 9.89. The third-order valence-corrected chi connectivity index (χ3v) is 3.25. The van der Waals surface area contributed by atoms with Crippen LogP contribution in [-0.4, -0.2) is 21.4 Å². The van der Waals surface area contributed by atoms with E-state index in [0.29, 0.717) is 24.2 Å². The third kappa shape index (κ3) is 2.49. The van der Waals surface area contributed by atoms with E-state index in [1.165, 1.54) is 4.68 Å². The van der Waals surface area contributed by atoms with E-state index in [1.807, 2.05) is 20.8 Å². The summed E-state index contributed by atoms with van der Waals surface area (Å²) in [5.41, 5.74) is 7.25. The molecule has 0 saturated heterocycles. The zero-order valence-corrected chi connectivity index (χ0v) is 12.1. The summed E-state index contributed by atoms with van der Waals surface area (Å²) in [5.74, 6) is 0.0654. The molecular formula is C15H21N3O2. The highest BCUT2D eigenvalue weighted by Gasteiger charge is 2.24. The second-order valence-corrected chi connectivity index (χ2v) is 5.88. The summed E-state index contributed by atoms with van der Waals surface area (Å²) in [6.07, 6.45) is 0.516. The Morgan fingerprint density at radius 3 is 2.50 bits per heavy atom. The second-order valence-electron chi connectivity index (χ2n) is 5.88. The number of aromatic hydroxyl groups is 1. The normalized spacial score (nSPS) is 11.8. The second kappa shape index (κ2) is 5.17. The molecule has 1 heterocycles. The van der Waals surface area contributed by atoms with E-state index in [4.69, 9.17) is 5.73 Å². The van der Waals surface area contributed by atoms with Gasteiger partial charge < -0.3 is 10.8 Å². The average Bonchev–Trinajstić information content (AvgIpc) is 2.68. The summed E-state index contributed by atoms with van der Waals surface area (Å²) >= 11 is 0. The average molecular weight is 275 g/mol. The Labute approximate surface area is 118 Å². The SMILES string of the molecule is CC(C)(C)c1[nH]n(-c2ccccc2O)c(=O)c1CCN. The van der Waals surface area contributed by atoms with Crippen molar-refractivity contribution in [3.8, 4) is 11.4 Å². The van der Waals surface area contributed by atoms with Crippen molar-refractivity contribution in [2.75, 3.05) is 6.54 Å². The van der Waals surface area contributed by atoms with Gasteiger partial charge in [0, 0.05) is 16.7 Å². The maximum absolute atomic E-state index is 12.5. The number of nitrogens with zero attached hydrogens (tertiary/aromatic N) is 1. The zero-order valence-electron chi connectivity index (χ0n) is 12.1. The Hall–Kier alpha value is -2.01. The van der Waals surface area contributed by atoms with Crippen LogP contribution in [0.15, 0.2) is 29.1 Å². The van der Waals surface area contributed by atoms with Crippen molar-refractivity contribution in [3.05, 3.63) is 45.9 Å². The summed E-state index contributed by atoms with van der Waals surface area (Å²) in [5, 5.41) is 13.0. The fourth-order valence-electron chi connectivity index (χ4n) is 2.29. The molecule has 0 radical (unpaired) electrons. The predicted octanol–water partition coefficient (Wildman–Crippen LogP) is 1.67. The topological polar surface area (TPSA) is 84.0 Å². The van der Waals surface area contributed by atoms with Crippen molar-refractivity contribution in [2.45, 2.75) is 32.6 Å². The summed E-state index contributed by atoms with van der Waals surface area (Å²) in [4.78, 5) is 12.5. The lowest BCUT2D eigenvalue weighted by Gasteiger charge is -2.18. The van der Waals surface area contributed by atoms with Crippen LogP contribution in [0.3, 0.4) is 0 Å². The molecule has 0 spiro atoms. The highest BCUT2D eigenvalue weighted by Crippen LogP contribution is 2.25. The van der Waals surface area contributed by atoms with E-state index in [9.17, 15) is 9.90 Å². The minimum atomic E-state index is -0.195. The molecule has 20 heavy (non-hydrogen) atoms. The first-order valence-corrected chi connectivity index (χ1v) is 6.69. The van der Waals surface area contributed by atoms with Crippen LogP contribution in [0.1, 0.15) is 32.0 Å². The van der Waals surface area contributed by atoms with Gasteiger partial charge in [-0.25, -0.2) is 4.68 Å². The molecule has 108 valence electrons. The van der Waals surface area contributed by atoms with Crippen LogP contribution in [0.4, 0.5) is 0 Å². The fourth-order valence-corrected chi connectivity index (χ4v) is 2.29. The van der Waals surface area contributed by atoms with Crippen LogP contribution < -0.4 is 11.3 Å². The van der Waals surface area contributed by atoms with E-state index < -0.39 is 0 Å². The molecular weight excluding hydrogens is 254 g/mol. The van der Waals surface area contributed by atoms with Gasteiger partial charge in [-0.3, -0.25) is 9.89 Å². The molecule has 5 nitrogen and oxygen atoms in total. The van der Waals surface area contributed by atoms with Crippen LogP contribution in [0.2, 0.25) is 0 Å². The summed E-state index contributed by atoms with van der Waals surface area (Å²) < 4.78 is 1.39. The number of aromatic nitrogens is 2. The van der Waals surface area contributed by atoms with Crippen molar-refractivity contribution in [1.29, 1.82) is 0 Å². The van der Waals surface area contributed by atoms with Gasteiger partial charge in [-0.1, -0.05) is 32.9 Å². The van der Waals surface area contributed by atoms with Gasteiger partial charge in [-0.2, -0.15) is 0 Å². The van der Waals surface area contributed by atoms with Gasteiger partial charge in [0.05, 0.1) is 0 Å². The van der Waals surface area contributed by atoms with Crippen LogP contribution in [-0.2, 0) is 11.8 Å². The molecule has 4 N–H and O–H groups in total. The molecule has 0 bridgehead atoms. The highest BCUT2D eigenvalue weighted by atomic mass is 16.3. The van der Waals surface area contributed by atoms with Gasteiger partial charge in [-0.15, -0.1) is 0 Å². The number of nitrogens with one attached hydrogen (secondary N) is 1. The molecule has 0 aliphatic heterocycles. The van der Waals surface area contributed by atoms with Gasteiger partial charge in [-0.05, 0) is 25.1 Å². The monoisotopic (exact) mass is 275 g/mol. The standard InChI is InChI=1S/C15H21N3O2/c1-15(2,3)13-10(8-9-16)14(20)18(17-13)11-6-4-5-7-12(11)19/h4-7,17,19H,8-9,16H2,1-3H3. The van der Waals surface area contributed by atoms with E-state index in [1.54, 1.807) is 24.3 Å². The Balaban J connectivity index is 2.68. The lowest BCUT2D eigenvalue weighted by Crippen LogP contribution is -2.21. The molecule has 0 atom stereocenters. The molecule has 0 saturated carbocycles. The van der Waals surface area contributed by atoms with Crippen LogP contribution >= 0.6 is 0 Å². The number of hydrogen-bond acceptors (Lipinski definition) is 3. The highest BCUT2D eigenvalue weighted by molar-refractivity contribution is 5.45. The zero-order chi connectivity index (χ0) is 14.9. The number of hydrogen-bond donors (Lipinski definition) is 3. The van der Waals surface area contributed by atoms with Crippen molar-refractivity contribution < 1.29 is 5.11 Å². The molecule has 0 amide bonds. The molecule has 0 aliphatic rings. The molecule has 5 heteroatoms. The lowest BCUT2D eigenvalue weighted by molar-refractivity contribution is 0.468. The third-order valence-electron chi connectivity index (χ3n) is 3.25. The molecule has 0 unspecified atom stereocenters. The largest absolute Gasteiger partial charge is 0.506 e. The Kier molecular flexibility index (Phi) is 3.72. The smallest absolute Gasteiger partial charge is 0.274 e. The van der Waals surface area contributed by atoms with E-state index >= 15 is 0 Å². The molecule has 1 aromatic carbocycles. The number of nitrogens with two attached hydrogens (primary N) is 1. The van der Waals surface area contributed by atoms with Gasteiger partial charge >= 0.3 is 0 Å². The predicted molar refractivity (Wildman–Crippen MR) is 79.5 cm³/mol. The first kappa shape index (κ1) is 14.4. The summed E-state index contributed by atoms with van der Waals surface area (Å²) in [6.45, 7) is 6.52. The van der Waals surface area contributed by atoms with Gasteiger partial charge in [0.1, 0.15) is 11.4 Å². The first-order valence-electron chi connectivity index (χ1n) is 6.69. The van der Waals surface area contributed by atoms with Crippen molar-refractivity contribution in [3.63, 3.8) is 0 Å². The van der Waals surface area contributed by atoms with Crippen LogP contribution in [0, 0.1) is 0 Å². The van der Waals surface area contributed by atoms with Crippen molar-refractivity contribution >= 4 is 0 Å². The molecule has 0 fully saturated rings. The molecule has 2 aromatic rings. The fraction of sp³-hybridized carbons (Fsp3) is 0.400. The molecule has 2 rings (SSSR count). The Morgan fingerprint density at radius 1 is 1.30 bits per heavy atom. The summed E-state index contributed by atoms with van der Waals surface area (Å²) in [6, 6.07) is 6.76. The summed E-state index contributed by atoms with van der Waals surface area (Å²) in [7, 11) is 0. The number of phenolic OH excluding ortho intramolecular Hbond substituents is 1. The number of para-hydroxylation sites is 2.